The van der Waals surface area contributed by atoms with Gasteiger partial charge < -0.3 is 5.32 Å². The zero-order chi connectivity index (χ0) is 13.5. The van der Waals surface area contributed by atoms with Gasteiger partial charge in [-0.05, 0) is 25.5 Å². The van der Waals surface area contributed by atoms with Gasteiger partial charge in [0.05, 0.1) is 10.6 Å². The van der Waals surface area contributed by atoms with Gasteiger partial charge in [-0.1, -0.05) is 43.9 Å². The zero-order valence-corrected chi connectivity index (χ0v) is 11.6. The molecule has 0 saturated heterocycles. The fraction of sp³-hybridized carbons (Fsp3) is 0.500. The van der Waals surface area contributed by atoms with Crippen molar-refractivity contribution in [2.24, 2.45) is 0 Å². The number of hydrogen-bond acceptors (Lipinski definition) is 1. The van der Waals surface area contributed by atoms with E-state index in [-0.39, 0.29) is 16.6 Å². The van der Waals surface area contributed by atoms with E-state index < -0.39 is 11.7 Å². The molecule has 1 N–H and O–H groups in total. The quantitative estimate of drug-likeness (QED) is 0.773. The van der Waals surface area contributed by atoms with E-state index in [9.17, 15) is 9.18 Å². The van der Waals surface area contributed by atoms with Crippen molar-refractivity contribution in [3.8, 4) is 0 Å². The van der Waals surface area contributed by atoms with Crippen molar-refractivity contribution in [2.75, 3.05) is 0 Å². The number of carbonyl (C=O) groups excluding carboxylic acids is 1. The van der Waals surface area contributed by atoms with E-state index in [4.69, 9.17) is 11.6 Å². The molecule has 0 aliphatic heterocycles. The van der Waals surface area contributed by atoms with E-state index in [1.165, 1.54) is 18.2 Å². The summed E-state index contributed by atoms with van der Waals surface area (Å²) in [5.41, 5.74) is -0.0680. The number of rotatable bonds is 6. The predicted octanol–water partition coefficient (Wildman–Crippen LogP) is 4.18. The summed E-state index contributed by atoms with van der Waals surface area (Å²) in [6.07, 6.45) is 4.23. The van der Waals surface area contributed by atoms with Crippen LogP contribution in [0.2, 0.25) is 5.02 Å². The Balaban J connectivity index is 2.60. The van der Waals surface area contributed by atoms with Crippen molar-refractivity contribution >= 4 is 17.5 Å². The van der Waals surface area contributed by atoms with Gasteiger partial charge in [0.2, 0.25) is 0 Å². The van der Waals surface area contributed by atoms with E-state index >= 15 is 0 Å². The maximum atomic E-state index is 13.5. The van der Waals surface area contributed by atoms with Crippen LogP contribution in [0.1, 0.15) is 49.9 Å². The van der Waals surface area contributed by atoms with Crippen LogP contribution in [0.15, 0.2) is 18.2 Å². The van der Waals surface area contributed by atoms with Crippen LogP contribution >= 0.6 is 11.6 Å². The highest BCUT2D eigenvalue weighted by Gasteiger charge is 2.17. The summed E-state index contributed by atoms with van der Waals surface area (Å²) < 4.78 is 13.5. The highest BCUT2D eigenvalue weighted by molar-refractivity contribution is 6.33. The second kappa shape index (κ2) is 7.37. The average molecular weight is 272 g/mol. The Bertz CT molecular complexity index is 389. The second-order valence-electron chi connectivity index (χ2n) is 4.47. The maximum Gasteiger partial charge on any atom is 0.255 e. The van der Waals surface area contributed by atoms with Gasteiger partial charge in [0.15, 0.2) is 0 Å². The molecule has 0 fully saturated rings. The molecular formula is C14H19ClFNO. The van der Waals surface area contributed by atoms with Crippen LogP contribution in [0.25, 0.3) is 0 Å². The summed E-state index contributed by atoms with van der Waals surface area (Å²) in [6, 6.07) is 4.27. The Hall–Kier alpha value is -1.09. The lowest BCUT2D eigenvalue weighted by molar-refractivity contribution is 0.0934. The molecule has 1 atom stereocenters. The largest absolute Gasteiger partial charge is 0.349 e. The minimum absolute atomic E-state index is 0.0275. The maximum absolute atomic E-state index is 13.5. The molecule has 1 unspecified atom stereocenters. The van der Waals surface area contributed by atoms with Crippen LogP contribution in [0, 0.1) is 5.82 Å². The molecule has 1 aromatic carbocycles. The van der Waals surface area contributed by atoms with Crippen molar-refractivity contribution in [2.45, 2.75) is 45.6 Å². The molecular weight excluding hydrogens is 253 g/mol. The number of halogens is 2. The first-order valence-electron chi connectivity index (χ1n) is 6.31. The molecule has 0 bridgehead atoms. The highest BCUT2D eigenvalue weighted by atomic mass is 35.5. The summed E-state index contributed by atoms with van der Waals surface area (Å²) in [5, 5.41) is 2.92. The molecule has 2 nitrogen and oxygen atoms in total. The van der Waals surface area contributed by atoms with E-state index in [1.807, 2.05) is 6.92 Å². The molecule has 18 heavy (non-hydrogen) atoms. The van der Waals surface area contributed by atoms with E-state index in [1.54, 1.807) is 0 Å². The number of hydrogen-bond donors (Lipinski definition) is 1. The normalized spacial score (nSPS) is 12.2. The highest BCUT2D eigenvalue weighted by Crippen LogP contribution is 2.19. The lowest BCUT2D eigenvalue weighted by Crippen LogP contribution is -2.33. The van der Waals surface area contributed by atoms with Crippen molar-refractivity contribution in [1.29, 1.82) is 0 Å². The third-order valence-electron chi connectivity index (χ3n) is 2.81. The number of nitrogens with one attached hydrogen (secondary N) is 1. The monoisotopic (exact) mass is 271 g/mol. The van der Waals surface area contributed by atoms with Crippen LogP contribution in [-0.4, -0.2) is 11.9 Å². The van der Waals surface area contributed by atoms with Crippen LogP contribution in [-0.2, 0) is 0 Å². The van der Waals surface area contributed by atoms with Crippen molar-refractivity contribution in [1.82, 2.24) is 5.32 Å². The van der Waals surface area contributed by atoms with Gasteiger partial charge in [-0.2, -0.15) is 0 Å². The van der Waals surface area contributed by atoms with Crippen molar-refractivity contribution < 1.29 is 9.18 Å². The fourth-order valence-electron chi connectivity index (χ4n) is 1.78. The standard InChI is InChI=1S/C14H19ClFNO/c1-3-4-5-7-10(2)17-14(18)13-11(15)8-6-9-12(13)16/h6,8-10H,3-5,7H2,1-2H3,(H,17,18). The van der Waals surface area contributed by atoms with E-state index in [2.05, 4.69) is 12.2 Å². The van der Waals surface area contributed by atoms with Crippen LogP contribution in [0.5, 0.6) is 0 Å². The number of unbranched alkanes of at least 4 members (excludes halogenated alkanes) is 2. The molecule has 1 aromatic rings. The Morgan fingerprint density at radius 2 is 2.17 bits per heavy atom. The Labute approximate surface area is 113 Å². The first kappa shape index (κ1) is 15.0. The molecule has 0 radical (unpaired) electrons. The van der Waals surface area contributed by atoms with Gasteiger partial charge in [0.25, 0.3) is 5.91 Å². The van der Waals surface area contributed by atoms with E-state index in [0.717, 1.165) is 25.7 Å². The zero-order valence-electron chi connectivity index (χ0n) is 10.8. The summed E-state index contributed by atoms with van der Waals surface area (Å²) in [4.78, 5) is 11.9. The number of carbonyl (C=O) groups is 1. The summed E-state index contributed by atoms with van der Waals surface area (Å²) >= 11 is 5.83. The number of benzene rings is 1. The van der Waals surface area contributed by atoms with Gasteiger partial charge in [0, 0.05) is 6.04 Å². The molecule has 4 heteroatoms. The van der Waals surface area contributed by atoms with Crippen molar-refractivity contribution in [3.05, 3.63) is 34.6 Å². The molecule has 0 aliphatic carbocycles. The molecule has 0 aromatic heterocycles. The minimum atomic E-state index is -0.583. The third-order valence-corrected chi connectivity index (χ3v) is 3.12. The van der Waals surface area contributed by atoms with Crippen LogP contribution in [0.4, 0.5) is 4.39 Å². The van der Waals surface area contributed by atoms with Crippen LogP contribution in [0.3, 0.4) is 0 Å². The lowest BCUT2D eigenvalue weighted by Gasteiger charge is -2.14. The summed E-state index contributed by atoms with van der Waals surface area (Å²) in [6.45, 7) is 4.05. The molecule has 100 valence electrons. The Morgan fingerprint density at radius 3 is 2.78 bits per heavy atom. The molecule has 1 rings (SSSR count). The van der Waals surface area contributed by atoms with Crippen molar-refractivity contribution in [3.63, 3.8) is 0 Å². The first-order valence-corrected chi connectivity index (χ1v) is 6.69. The van der Waals surface area contributed by atoms with Crippen LogP contribution < -0.4 is 5.32 Å². The first-order chi connectivity index (χ1) is 8.56. The lowest BCUT2D eigenvalue weighted by atomic mass is 10.1. The molecule has 0 heterocycles. The predicted molar refractivity (Wildman–Crippen MR) is 72.5 cm³/mol. The Kier molecular flexibility index (Phi) is 6.13. The molecule has 1 amide bonds. The summed E-state index contributed by atoms with van der Waals surface area (Å²) in [7, 11) is 0. The van der Waals surface area contributed by atoms with Gasteiger partial charge in [-0.15, -0.1) is 0 Å². The number of amides is 1. The van der Waals surface area contributed by atoms with Gasteiger partial charge in [0.1, 0.15) is 5.82 Å². The summed E-state index contributed by atoms with van der Waals surface area (Å²) in [5.74, 6) is -1.03. The fourth-order valence-corrected chi connectivity index (χ4v) is 2.03. The van der Waals surface area contributed by atoms with Gasteiger partial charge in [-0.25, -0.2) is 4.39 Å². The third kappa shape index (κ3) is 4.30. The topological polar surface area (TPSA) is 29.1 Å². The van der Waals surface area contributed by atoms with Gasteiger partial charge >= 0.3 is 0 Å². The van der Waals surface area contributed by atoms with E-state index in [0.29, 0.717) is 0 Å². The molecule has 0 saturated carbocycles. The average Bonchev–Trinajstić information content (AvgIpc) is 2.29. The molecule has 0 aliphatic rings. The van der Waals surface area contributed by atoms with Gasteiger partial charge in [-0.3, -0.25) is 4.79 Å². The molecule has 0 spiro atoms. The SMILES string of the molecule is CCCCCC(C)NC(=O)c1c(F)cccc1Cl. The minimum Gasteiger partial charge on any atom is -0.349 e. The second-order valence-corrected chi connectivity index (χ2v) is 4.87. The smallest absolute Gasteiger partial charge is 0.255 e. The Morgan fingerprint density at radius 1 is 1.44 bits per heavy atom.